The summed E-state index contributed by atoms with van der Waals surface area (Å²) in [6.45, 7) is 4.90. The summed E-state index contributed by atoms with van der Waals surface area (Å²) >= 11 is 0. The Morgan fingerprint density at radius 3 is 2.82 bits per heavy atom. The summed E-state index contributed by atoms with van der Waals surface area (Å²) in [7, 11) is 0. The molecule has 0 aliphatic heterocycles. The molecule has 0 saturated heterocycles. The first-order valence-electron chi connectivity index (χ1n) is 6.72. The largest absolute Gasteiger partial charge is 0.325 e. The van der Waals surface area contributed by atoms with E-state index in [1.807, 2.05) is 12.3 Å². The number of rotatable bonds is 5. The van der Waals surface area contributed by atoms with Gasteiger partial charge in [-0.2, -0.15) is 0 Å². The second-order valence-electron chi connectivity index (χ2n) is 4.81. The minimum atomic E-state index is 0.540. The van der Waals surface area contributed by atoms with Crippen LogP contribution in [0.1, 0.15) is 43.9 Å². The van der Waals surface area contributed by atoms with Crippen molar-refractivity contribution in [3.8, 4) is 0 Å². The molecular formula is C14H23N3. The van der Waals surface area contributed by atoms with E-state index in [9.17, 15) is 0 Å². The maximum Gasteiger partial charge on any atom is 0.0584 e. The summed E-state index contributed by atoms with van der Waals surface area (Å²) in [5, 5.41) is 0. The fourth-order valence-electron chi connectivity index (χ4n) is 2.79. The first-order chi connectivity index (χ1) is 8.35. The van der Waals surface area contributed by atoms with Crippen LogP contribution in [0, 0.1) is 0 Å². The molecule has 0 spiro atoms. The van der Waals surface area contributed by atoms with Gasteiger partial charge in [0.15, 0.2) is 0 Å². The summed E-state index contributed by atoms with van der Waals surface area (Å²) in [6.07, 6.45) is 7.31. The third-order valence-electron chi connectivity index (χ3n) is 3.80. The van der Waals surface area contributed by atoms with Gasteiger partial charge in [0.25, 0.3) is 0 Å². The Balaban J connectivity index is 2.06. The summed E-state index contributed by atoms with van der Waals surface area (Å²) in [5.74, 6) is 0. The van der Waals surface area contributed by atoms with Crippen LogP contribution in [0.2, 0.25) is 0 Å². The van der Waals surface area contributed by atoms with Gasteiger partial charge in [-0.1, -0.05) is 25.8 Å². The number of nitrogens with two attached hydrogens (primary N) is 1. The van der Waals surface area contributed by atoms with Crippen LogP contribution >= 0.6 is 0 Å². The Kier molecular flexibility index (Phi) is 4.51. The lowest BCUT2D eigenvalue weighted by atomic mass is 10.1. The van der Waals surface area contributed by atoms with E-state index in [0.29, 0.717) is 6.54 Å². The van der Waals surface area contributed by atoms with Gasteiger partial charge in [-0.25, -0.2) is 0 Å². The van der Waals surface area contributed by atoms with Crippen LogP contribution < -0.4 is 5.73 Å². The highest BCUT2D eigenvalue weighted by molar-refractivity contribution is 5.19. The monoisotopic (exact) mass is 233 g/mol. The maximum atomic E-state index is 5.74. The Morgan fingerprint density at radius 2 is 2.18 bits per heavy atom. The van der Waals surface area contributed by atoms with Crippen molar-refractivity contribution in [2.75, 3.05) is 6.54 Å². The minimum Gasteiger partial charge on any atom is -0.325 e. The molecule has 0 aromatic carbocycles. The standard InChI is InChI=1S/C14H23N3/c1-2-17(13-7-3-4-8-13)11-12-6-5-9-16-14(12)10-15/h5-6,9,13H,2-4,7-8,10-11,15H2,1H3. The van der Waals surface area contributed by atoms with E-state index >= 15 is 0 Å². The average molecular weight is 233 g/mol. The predicted octanol–water partition coefficient (Wildman–Crippen LogP) is 2.30. The van der Waals surface area contributed by atoms with Gasteiger partial charge in [-0.05, 0) is 31.0 Å². The summed E-state index contributed by atoms with van der Waals surface area (Å²) in [6, 6.07) is 4.94. The van der Waals surface area contributed by atoms with E-state index < -0.39 is 0 Å². The number of hydrogen-bond acceptors (Lipinski definition) is 3. The van der Waals surface area contributed by atoms with Crippen LogP contribution in [0.3, 0.4) is 0 Å². The highest BCUT2D eigenvalue weighted by Gasteiger charge is 2.21. The fourth-order valence-corrected chi connectivity index (χ4v) is 2.79. The Labute approximate surface area is 104 Å². The molecule has 94 valence electrons. The number of aromatic nitrogens is 1. The highest BCUT2D eigenvalue weighted by Crippen LogP contribution is 2.25. The van der Waals surface area contributed by atoms with Crippen LogP contribution in [0.5, 0.6) is 0 Å². The van der Waals surface area contributed by atoms with Crippen molar-refractivity contribution < 1.29 is 0 Å². The SMILES string of the molecule is CCN(Cc1cccnc1CN)C1CCCC1. The topological polar surface area (TPSA) is 42.2 Å². The number of hydrogen-bond donors (Lipinski definition) is 1. The van der Waals surface area contributed by atoms with Gasteiger partial charge in [-0.3, -0.25) is 9.88 Å². The maximum absolute atomic E-state index is 5.74. The molecule has 1 aliphatic rings. The molecule has 1 heterocycles. The van der Waals surface area contributed by atoms with Crippen LogP contribution in [-0.4, -0.2) is 22.5 Å². The van der Waals surface area contributed by atoms with Crippen LogP contribution in [0.15, 0.2) is 18.3 Å². The van der Waals surface area contributed by atoms with Crippen molar-refractivity contribution >= 4 is 0 Å². The zero-order chi connectivity index (χ0) is 12.1. The predicted molar refractivity (Wildman–Crippen MR) is 70.5 cm³/mol. The van der Waals surface area contributed by atoms with Gasteiger partial charge in [0, 0.05) is 25.3 Å². The van der Waals surface area contributed by atoms with Crippen LogP contribution in [0.25, 0.3) is 0 Å². The van der Waals surface area contributed by atoms with Crippen molar-refractivity contribution in [3.63, 3.8) is 0 Å². The lowest BCUT2D eigenvalue weighted by Crippen LogP contribution is -2.33. The lowest BCUT2D eigenvalue weighted by Gasteiger charge is -2.28. The molecule has 0 radical (unpaired) electrons. The van der Waals surface area contributed by atoms with Gasteiger partial charge < -0.3 is 5.73 Å². The molecule has 0 unspecified atom stereocenters. The van der Waals surface area contributed by atoms with E-state index in [1.54, 1.807) is 0 Å². The molecule has 2 N–H and O–H groups in total. The van der Waals surface area contributed by atoms with Crippen molar-refractivity contribution in [1.29, 1.82) is 0 Å². The van der Waals surface area contributed by atoms with Crippen molar-refractivity contribution in [1.82, 2.24) is 9.88 Å². The minimum absolute atomic E-state index is 0.540. The first kappa shape index (κ1) is 12.5. The molecule has 17 heavy (non-hydrogen) atoms. The second kappa shape index (κ2) is 6.12. The highest BCUT2D eigenvalue weighted by atomic mass is 15.1. The summed E-state index contributed by atoms with van der Waals surface area (Å²) in [4.78, 5) is 6.93. The second-order valence-corrected chi connectivity index (χ2v) is 4.81. The van der Waals surface area contributed by atoms with Crippen molar-refractivity contribution in [3.05, 3.63) is 29.6 Å². The van der Waals surface area contributed by atoms with Crippen LogP contribution in [-0.2, 0) is 13.1 Å². The smallest absolute Gasteiger partial charge is 0.0584 e. The Bertz CT molecular complexity index is 345. The molecule has 0 bridgehead atoms. The van der Waals surface area contributed by atoms with Gasteiger partial charge >= 0.3 is 0 Å². The van der Waals surface area contributed by atoms with Crippen molar-refractivity contribution in [2.45, 2.75) is 51.7 Å². The number of pyridine rings is 1. The number of nitrogens with zero attached hydrogens (tertiary/aromatic N) is 2. The molecule has 3 nitrogen and oxygen atoms in total. The lowest BCUT2D eigenvalue weighted by molar-refractivity contribution is 0.199. The fraction of sp³-hybridized carbons (Fsp3) is 0.643. The van der Waals surface area contributed by atoms with Gasteiger partial charge in [-0.15, -0.1) is 0 Å². The van der Waals surface area contributed by atoms with E-state index in [2.05, 4.69) is 22.9 Å². The van der Waals surface area contributed by atoms with Gasteiger partial charge in [0.2, 0.25) is 0 Å². The molecule has 2 rings (SSSR count). The molecule has 0 atom stereocenters. The summed E-state index contributed by atoms with van der Waals surface area (Å²) < 4.78 is 0. The third kappa shape index (κ3) is 3.05. The van der Waals surface area contributed by atoms with E-state index in [-0.39, 0.29) is 0 Å². The van der Waals surface area contributed by atoms with E-state index in [1.165, 1.54) is 31.2 Å². The van der Waals surface area contributed by atoms with Crippen LogP contribution in [0.4, 0.5) is 0 Å². The van der Waals surface area contributed by atoms with E-state index in [4.69, 9.17) is 5.73 Å². The van der Waals surface area contributed by atoms with Gasteiger partial charge in [0.05, 0.1) is 5.69 Å². The molecule has 0 amide bonds. The Morgan fingerprint density at radius 1 is 1.41 bits per heavy atom. The van der Waals surface area contributed by atoms with E-state index in [0.717, 1.165) is 24.8 Å². The zero-order valence-corrected chi connectivity index (χ0v) is 10.7. The van der Waals surface area contributed by atoms with Gasteiger partial charge in [0.1, 0.15) is 0 Å². The molecule has 1 fully saturated rings. The molecule has 1 aromatic rings. The third-order valence-corrected chi connectivity index (χ3v) is 3.80. The molecular weight excluding hydrogens is 210 g/mol. The normalized spacial score (nSPS) is 16.9. The summed E-state index contributed by atoms with van der Waals surface area (Å²) in [5.41, 5.74) is 8.08. The molecule has 1 aromatic heterocycles. The quantitative estimate of drug-likeness (QED) is 0.848. The molecule has 3 heteroatoms. The first-order valence-corrected chi connectivity index (χ1v) is 6.72. The molecule has 1 saturated carbocycles. The van der Waals surface area contributed by atoms with Crippen molar-refractivity contribution in [2.24, 2.45) is 5.73 Å². The Hall–Kier alpha value is -0.930. The molecule has 1 aliphatic carbocycles. The zero-order valence-electron chi connectivity index (χ0n) is 10.7. The average Bonchev–Trinajstić information content (AvgIpc) is 2.90.